The molecule has 0 amide bonds. The molecule has 4 heterocycles. The second kappa shape index (κ2) is 7.14. The summed E-state index contributed by atoms with van der Waals surface area (Å²) in [7, 11) is 0. The minimum Gasteiger partial charge on any atom is -0.368 e. The largest absolute Gasteiger partial charge is 0.368 e. The highest BCUT2D eigenvalue weighted by atomic mass is 35.5. The number of rotatable bonds is 5. The summed E-state index contributed by atoms with van der Waals surface area (Å²) in [4.78, 5) is 25.8. The van der Waals surface area contributed by atoms with E-state index in [0.717, 1.165) is 44.8 Å². The quantitative estimate of drug-likeness (QED) is 0.450. The Morgan fingerprint density at radius 3 is 3.04 bits per heavy atom. The van der Waals surface area contributed by atoms with Crippen LogP contribution in [0.2, 0.25) is 5.02 Å². The fraction of sp³-hybridized carbons (Fsp3) is 0.105. The van der Waals surface area contributed by atoms with Crippen LogP contribution >= 0.6 is 22.9 Å². The number of aromatic nitrogens is 6. The summed E-state index contributed by atoms with van der Waals surface area (Å²) in [5.74, 6) is 0.735. The molecule has 0 atom stereocenters. The molecule has 0 bridgehead atoms. The van der Waals surface area contributed by atoms with Crippen LogP contribution in [0.5, 0.6) is 0 Å². The smallest absolute Gasteiger partial charge is 0.182 e. The standard InChI is InChI=1S/C19H14ClN7S/c20-13-3-1-2-11-6-12(16(27-15(11)13)14-7-21-10-28-14)4-5-22-18-17-19(24-8-23-17)26-9-25-18/h1-3,6-10H,4-5H2,(H2,22,23,24,25,26). The maximum atomic E-state index is 6.36. The van der Waals surface area contributed by atoms with Gasteiger partial charge in [0, 0.05) is 18.1 Å². The molecule has 9 heteroatoms. The topological polar surface area (TPSA) is 92.3 Å². The fourth-order valence-corrected chi connectivity index (χ4v) is 4.03. The van der Waals surface area contributed by atoms with Crippen molar-refractivity contribution in [2.75, 3.05) is 11.9 Å². The van der Waals surface area contributed by atoms with Gasteiger partial charge in [0.15, 0.2) is 11.5 Å². The monoisotopic (exact) mass is 407 g/mol. The maximum absolute atomic E-state index is 6.36. The molecule has 4 aromatic heterocycles. The van der Waals surface area contributed by atoms with Gasteiger partial charge < -0.3 is 10.3 Å². The molecule has 0 saturated heterocycles. The molecule has 0 aliphatic heterocycles. The van der Waals surface area contributed by atoms with Gasteiger partial charge in [-0.05, 0) is 24.1 Å². The van der Waals surface area contributed by atoms with Crippen molar-refractivity contribution in [3.8, 4) is 10.6 Å². The molecule has 5 rings (SSSR count). The van der Waals surface area contributed by atoms with E-state index in [0.29, 0.717) is 17.2 Å². The molecule has 28 heavy (non-hydrogen) atoms. The van der Waals surface area contributed by atoms with Crippen molar-refractivity contribution in [3.05, 3.63) is 59.2 Å². The number of anilines is 1. The number of nitrogens with zero attached hydrogens (tertiary/aromatic N) is 5. The lowest BCUT2D eigenvalue weighted by atomic mass is 10.1. The molecule has 0 radical (unpaired) electrons. The van der Waals surface area contributed by atoms with E-state index in [-0.39, 0.29) is 0 Å². The van der Waals surface area contributed by atoms with Gasteiger partial charge in [-0.15, -0.1) is 11.3 Å². The maximum Gasteiger partial charge on any atom is 0.182 e. The lowest BCUT2D eigenvalue weighted by Crippen LogP contribution is -2.08. The number of hydrogen-bond acceptors (Lipinski definition) is 7. The fourth-order valence-electron chi connectivity index (χ4n) is 3.16. The van der Waals surface area contributed by atoms with Crippen LogP contribution in [0.4, 0.5) is 5.82 Å². The first-order chi connectivity index (χ1) is 13.8. The molecule has 0 unspecified atom stereocenters. The molecule has 0 fully saturated rings. The van der Waals surface area contributed by atoms with E-state index in [1.807, 2.05) is 29.9 Å². The third-order valence-corrected chi connectivity index (χ3v) is 5.54. The zero-order chi connectivity index (χ0) is 18.9. The number of imidazole rings is 1. The summed E-state index contributed by atoms with van der Waals surface area (Å²) in [6.45, 7) is 0.685. The Morgan fingerprint density at radius 2 is 2.14 bits per heavy atom. The average Bonchev–Trinajstić information content (AvgIpc) is 3.40. The molecular weight excluding hydrogens is 394 g/mol. The highest BCUT2D eigenvalue weighted by molar-refractivity contribution is 7.13. The van der Waals surface area contributed by atoms with Crippen molar-refractivity contribution in [3.63, 3.8) is 0 Å². The second-order valence-electron chi connectivity index (χ2n) is 6.17. The van der Waals surface area contributed by atoms with Crippen LogP contribution in [0.3, 0.4) is 0 Å². The Hall–Kier alpha value is -3.10. The number of hydrogen-bond donors (Lipinski definition) is 2. The van der Waals surface area contributed by atoms with Crippen molar-refractivity contribution < 1.29 is 0 Å². The summed E-state index contributed by atoms with van der Waals surface area (Å²) in [6, 6.07) is 7.98. The first kappa shape index (κ1) is 17.0. The predicted molar refractivity (Wildman–Crippen MR) is 112 cm³/mol. The average molecular weight is 408 g/mol. The normalized spacial score (nSPS) is 11.3. The number of thiazole rings is 1. The molecule has 5 aromatic rings. The lowest BCUT2D eigenvalue weighted by molar-refractivity contribution is 1.00. The zero-order valence-corrected chi connectivity index (χ0v) is 16.1. The number of benzene rings is 1. The molecule has 1 aromatic carbocycles. The Bertz CT molecular complexity index is 1270. The summed E-state index contributed by atoms with van der Waals surface area (Å²) >= 11 is 7.93. The molecule has 138 valence electrons. The third kappa shape index (κ3) is 3.06. The first-order valence-corrected chi connectivity index (χ1v) is 9.90. The molecule has 7 nitrogen and oxygen atoms in total. The summed E-state index contributed by atoms with van der Waals surface area (Å²) < 4.78 is 0. The van der Waals surface area contributed by atoms with Crippen LogP contribution in [-0.4, -0.2) is 36.4 Å². The minimum atomic E-state index is 0.643. The Labute approximate surface area is 168 Å². The van der Waals surface area contributed by atoms with Crippen LogP contribution in [0, 0.1) is 0 Å². The molecule has 0 aliphatic carbocycles. The van der Waals surface area contributed by atoms with Gasteiger partial charge in [-0.25, -0.2) is 19.9 Å². The van der Waals surface area contributed by atoms with Crippen molar-refractivity contribution in [2.45, 2.75) is 6.42 Å². The number of fused-ring (bicyclic) bond motifs is 2. The SMILES string of the molecule is Clc1cccc2cc(CCNc3ncnc4nc[nH]c34)c(-c3cncs3)nc12. The Kier molecular flexibility index (Phi) is 4.34. The van der Waals surface area contributed by atoms with Crippen LogP contribution < -0.4 is 5.32 Å². The molecular formula is C19H14ClN7S. The first-order valence-electron chi connectivity index (χ1n) is 8.64. The van der Waals surface area contributed by atoms with Crippen molar-refractivity contribution in [1.82, 2.24) is 29.9 Å². The van der Waals surface area contributed by atoms with E-state index < -0.39 is 0 Å². The second-order valence-corrected chi connectivity index (χ2v) is 7.47. The van der Waals surface area contributed by atoms with Crippen LogP contribution in [0.25, 0.3) is 32.6 Å². The number of para-hydroxylation sites is 1. The highest BCUT2D eigenvalue weighted by Gasteiger charge is 2.13. The van der Waals surface area contributed by atoms with Crippen molar-refractivity contribution in [2.24, 2.45) is 0 Å². The molecule has 0 saturated carbocycles. The molecule has 0 aliphatic rings. The van der Waals surface area contributed by atoms with Gasteiger partial charge in [-0.2, -0.15) is 0 Å². The number of halogens is 1. The van der Waals surface area contributed by atoms with E-state index in [1.54, 1.807) is 17.7 Å². The van der Waals surface area contributed by atoms with Gasteiger partial charge in [0.25, 0.3) is 0 Å². The van der Waals surface area contributed by atoms with E-state index in [2.05, 4.69) is 36.3 Å². The predicted octanol–water partition coefficient (Wildman–Crippen LogP) is 4.33. The highest BCUT2D eigenvalue weighted by Crippen LogP contribution is 2.31. The molecule has 2 N–H and O–H groups in total. The Balaban J connectivity index is 1.48. The summed E-state index contributed by atoms with van der Waals surface area (Å²) in [5, 5.41) is 5.04. The minimum absolute atomic E-state index is 0.643. The van der Waals surface area contributed by atoms with Gasteiger partial charge in [0.1, 0.15) is 11.8 Å². The number of aromatic amines is 1. The van der Waals surface area contributed by atoms with Crippen molar-refractivity contribution >= 4 is 50.8 Å². The van der Waals surface area contributed by atoms with Crippen LogP contribution in [-0.2, 0) is 6.42 Å². The summed E-state index contributed by atoms with van der Waals surface area (Å²) in [5.41, 5.74) is 6.10. The zero-order valence-electron chi connectivity index (χ0n) is 14.6. The van der Waals surface area contributed by atoms with Gasteiger partial charge in [-0.1, -0.05) is 23.7 Å². The van der Waals surface area contributed by atoms with E-state index in [9.17, 15) is 0 Å². The lowest BCUT2D eigenvalue weighted by Gasteiger charge is -2.11. The number of pyridine rings is 1. The van der Waals surface area contributed by atoms with Gasteiger partial charge in [0.2, 0.25) is 0 Å². The number of nitrogens with one attached hydrogen (secondary N) is 2. The third-order valence-electron chi connectivity index (χ3n) is 4.45. The van der Waals surface area contributed by atoms with Gasteiger partial charge in [0.05, 0.1) is 32.9 Å². The van der Waals surface area contributed by atoms with Crippen LogP contribution in [0.1, 0.15) is 5.56 Å². The Morgan fingerprint density at radius 1 is 1.18 bits per heavy atom. The van der Waals surface area contributed by atoms with E-state index >= 15 is 0 Å². The summed E-state index contributed by atoms with van der Waals surface area (Å²) in [6.07, 6.45) is 5.73. The van der Waals surface area contributed by atoms with Crippen LogP contribution in [0.15, 0.2) is 48.6 Å². The number of H-pyrrole nitrogens is 1. The molecule has 0 spiro atoms. The van der Waals surface area contributed by atoms with Crippen molar-refractivity contribution in [1.29, 1.82) is 0 Å². The van der Waals surface area contributed by atoms with Gasteiger partial charge >= 0.3 is 0 Å². The van der Waals surface area contributed by atoms with E-state index in [1.165, 1.54) is 6.33 Å². The van der Waals surface area contributed by atoms with E-state index in [4.69, 9.17) is 16.6 Å². The van der Waals surface area contributed by atoms with Gasteiger partial charge in [-0.3, -0.25) is 4.98 Å².